The summed E-state index contributed by atoms with van der Waals surface area (Å²) in [5.41, 5.74) is 0. The second-order valence-corrected chi connectivity index (χ2v) is 4.89. The van der Waals surface area contributed by atoms with Crippen LogP contribution in [0.15, 0.2) is 5.16 Å². The number of hydrogen-bond acceptors (Lipinski definition) is 5. The SMILES string of the molecule is CC(Sc1nnc(C2CC2)n1N)C(=O)O. The number of aliphatic carboxylic acids is 1. The zero-order valence-electron chi connectivity index (χ0n) is 8.25. The van der Waals surface area contributed by atoms with E-state index in [1.807, 2.05) is 0 Å². The van der Waals surface area contributed by atoms with Crippen LogP contribution in [0.4, 0.5) is 0 Å². The van der Waals surface area contributed by atoms with E-state index in [1.165, 1.54) is 4.68 Å². The lowest BCUT2D eigenvalue weighted by molar-refractivity contribution is -0.136. The Bertz CT molecular complexity index is 388. The molecular formula is C8H12N4O2S. The molecule has 1 unspecified atom stereocenters. The van der Waals surface area contributed by atoms with Crippen molar-refractivity contribution in [1.29, 1.82) is 0 Å². The van der Waals surface area contributed by atoms with Gasteiger partial charge in [0.25, 0.3) is 0 Å². The van der Waals surface area contributed by atoms with E-state index < -0.39 is 11.2 Å². The molecule has 15 heavy (non-hydrogen) atoms. The van der Waals surface area contributed by atoms with E-state index in [2.05, 4.69) is 10.2 Å². The molecule has 0 bridgehead atoms. The van der Waals surface area contributed by atoms with E-state index in [4.69, 9.17) is 10.9 Å². The van der Waals surface area contributed by atoms with Crippen molar-refractivity contribution < 1.29 is 9.90 Å². The van der Waals surface area contributed by atoms with E-state index in [0.29, 0.717) is 11.1 Å². The van der Waals surface area contributed by atoms with Crippen LogP contribution in [0.25, 0.3) is 0 Å². The number of nitrogens with zero attached hydrogens (tertiary/aromatic N) is 3. The first-order valence-corrected chi connectivity index (χ1v) is 5.57. The van der Waals surface area contributed by atoms with E-state index >= 15 is 0 Å². The number of carbonyl (C=O) groups is 1. The molecule has 0 spiro atoms. The van der Waals surface area contributed by atoms with Gasteiger partial charge in [-0.3, -0.25) is 4.79 Å². The van der Waals surface area contributed by atoms with Crippen LogP contribution in [-0.2, 0) is 4.79 Å². The second-order valence-electron chi connectivity index (χ2n) is 3.58. The lowest BCUT2D eigenvalue weighted by atomic mass is 10.4. The van der Waals surface area contributed by atoms with Crippen molar-refractivity contribution in [3.8, 4) is 0 Å². The Morgan fingerprint density at radius 2 is 2.33 bits per heavy atom. The van der Waals surface area contributed by atoms with Crippen LogP contribution < -0.4 is 5.84 Å². The first kappa shape index (κ1) is 10.3. The standard InChI is InChI=1S/C8H12N4O2S/c1-4(7(13)14)15-8-11-10-6(12(8)9)5-2-3-5/h4-5H,2-3,9H2,1H3,(H,13,14). The summed E-state index contributed by atoms with van der Waals surface area (Å²) in [5, 5.41) is 16.5. The maximum Gasteiger partial charge on any atom is 0.316 e. The number of hydrogen-bond donors (Lipinski definition) is 2. The highest BCUT2D eigenvalue weighted by atomic mass is 32.2. The summed E-state index contributed by atoms with van der Waals surface area (Å²) in [6.45, 7) is 1.60. The summed E-state index contributed by atoms with van der Waals surface area (Å²) in [5.74, 6) is 6.07. The van der Waals surface area contributed by atoms with Crippen LogP contribution in [0, 0.1) is 0 Å². The number of nitrogens with two attached hydrogens (primary N) is 1. The molecule has 1 heterocycles. The van der Waals surface area contributed by atoms with Crippen molar-refractivity contribution in [2.24, 2.45) is 0 Å². The van der Waals surface area contributed by atoms with Gasteiger partial charge >= 0.3 is 5.97 Å². The summed E-state index contributed by atoms with van der Waals surface area (Å²) in [4.78, 5) is 10.6. The topological polar surface area (TPSA) is 94.0 Å². The van der Waals surface area contributed by atoms with Gasteiger partial charge in [-0.05, 0) is 19.8 Å². The molecule has 2 rings (SSSR count). The van der Waals surface area contributed by atoms with E-state index in [9.17, 15) is 4.79 Å². The minimum Gasteiger partial charge on any atom is -0.480 e. The lowest BCUT2D eigenvalue weighted by Gasteiger charge is -2.05. The van der Waals surface area contributed by atoms with Gasteiger partial charge in [-0.25, -0.2) is 4.68 Å². The van der Waals surface area contributed by atoms with Crippen molar-refractivity contribution in [2.45, 2.75) is 36.1 Å². The first-order valence-electron chi connectivity index (χ1n) is 4.69. The molecule has 1 atom stereocenters. The number of carboxylic acids is 1. The second kappa shape index (κ2) is 3.73. The molecule has 0 radical (unpaired) electrons. The summed E-state index contributed by atoms with van der Waals surface area (Å²) >= 11 is 1.11. The zero-order chi connectivity index (χ0) is 11.0. The molecule has 0 amide bonds. The van der Waals surface area contributed by atoms with Crippen molar-refractivity contribution >= 4 is 17.7 Å². The van der Waals surface area contributed by atoms with Gasteiger partial charge in [0.2, 0.25) is 5.16 Å². The van der Waals surface area contributed by atoms with Crippen LogP contribution in [0.3, 0.4) is 0 Å². The van der Waals surface area contributed by atoms with Crippen LogP contribution in [0.1, 0.15) is 31.5 Å². The Morgan fingerprint density at radius 3 is 2.87 bits per heavy atom. The van der Waals surface area contributed by atoms with Gasteiger partial charge in [0.15, 0.2) is 5.82 Å². The van der Waals surface area contributed by atoms with Crippen LogP contribution >= 0.6 is 11.8 Å². The van der Waals surface area contributed by atoms with Gasteiger partial charge in [0.1, 0.15) is 5.25 Å². The third kappa shape index (κ3) is 2.06. The average molecular weight is 228 g/mol. The molecule has 82 valence electrons. The molecule has 1 saturated carbocycles. The van der Waals surface area contributed by atoms with Crippen molar-refractivity contribution in [1.82, 2.24) is 14.9 Å². The zero-order valence-corrected chi connectivity index (χ0v) is 9.07. The van der Waals surface area contributed by atoms with E-state index in [0.717, 1.165) is 30.4 Å². The molecule has 1 aromatic heterocycles. The van der Waals surface area contributed by atoms with Crippen molar-refractivity contribution in [3.05, 3.63) is 5.82 Å². The molecule has 1 aliphatic carbocycles. The Hall–Kier alpha value is -1.24. The molecule has 6 nitrogen and oxygen atoms in total. The summed E-state index contributed by atoms with van der Waals surface area (Å²) < 4.78 is 1.40. The largest absolute Gasteiger partial charge is 0.480 e. The van der Waals surface area contributed by atoms with Crippen molar-refractivity contribution in [3.63, 3.8) is 0 Å². The van der Waals surface area contributed by atoms with Crippen LogP contribution in [-0.4, -0.2) is 31.2 Å². The number of rotatable bonds is 4. The summed E-state index contributed by atoms with van der Waals surface area (Å²) in [6, 6.07) is 0. The van der Waals surface area contributed by atoms with E-state index in [-0.39, 0.29) is 0 Å². The third-order valence-corrected chi connectivity index (χ3v) is 3.31. The van der Waals surface area contributed by atoms with E-state index in [1.54, 1.807) is 6.92 Å². The molecule has 0 aromatic carbocycles. The van der Waals surface area contributed by atoms with Crippen molar-refractivity contribution in [2.75, 3.05) is 5.84 Å². The fraction of sp³-hybridized carbons (Fsp3) is 0.625. The fourth-order valence-electron chi connectivity index (χ4n) is 1.20. The number of nitrogen functional groups attached to an aromatic ring is 1. The quantitative estimate of drug-likeness (QED) is 0.573. The maximum atomic E-state index is 10.6. The Kier molecular flexibility index (Phi) is 2.56. The molecule has 1 fully saturated rings. The van der Waals surface area contributed by atoms with Gasteiger partial charge < -0.3 is 10.9 Å². The Labute approximate surface area is 90.8 Å². The molecule has 3 N–H and O–H groups in total. The summed E-state index contributed by atoms with van der Waals surface area (Å²) in [6.07, 6.45) is 2.18. The van der Waals surface area contributed by atoms with Gasteiger partial charge in [0.05, 0.1) is 0 Å². The summed E-state index contributed by atoms with van der Waals surface area (Å²) in [7, 11) is 0. The maximum absolute atomic E-state index is 10.6. The number of aromatic nitrogens is 3. The number of thioether (sulfide) groups is 1. The molecule has 0 saturated heterocycles. The molecular weight excluding hydrogens is 216 g/mol. The Morgan fingerprint density at radius 1 is 1.67 bits per heavy atom. The third-order valence-electron chi connectivity index (χ3n) is 2.26. The normalized spacial score (nSPS) is 17.7. The lowest BCUT2D eigenvalue weighted by Crippen LogP contribution is -2.17. The first-order chi connectivity index (χ1) is 7.09. The molecule has 1 aliphatic rings. The molecule has 7 heteroatoms. The Balaban J connectivity index is 2.11. The highest BCUT2D eigenvalue weighted by Gasteiger charge is 2.30. The van der Waals surface area contributed by atoms with Gasteiger partial charge in [0, 0.05) is 5.92 Å². The van der Waals surface area contributed by atoms with Gasteiger partial charge in [-0.1, -0.05) is 11.8 Å². The predicted octanol–water partition coefficient (Wildman–Crippen LogP) is 0.435. The predicted molar refractivity (Wildman–Crippen MR) is 55.1 cm³/mol. The smallest absolute Gasteiger partial charge is 0.316 e. The van der Waals surface area contributed by atoms with Gasteiger partial charge in [-0.2, -0.15) is 0 Å². The monoisotopic (exact) mass is 228 g/mol. The number of carboxylic acid groups (broad SMARTS) is 1. The highest BCUT2D eigenvalue weighted by molar-refractivity contribution is 8.00. The minimum absolute atomic E-state index is 0.414. The average Bonchev–Trinajstić information content (AvgIpc) is 2.95. The minimum atomic E-state index is -0.879. The highest BCUT2D eigenvalue weighted by Crippen LogP contribution is 2.39. The fourth-order valence-corrected chi connectivity index (χ4v) is 1.91. The molecule has 1 aromatic rings. The van der Waals surface area contributed by atoms with Gasteiger partial charge in [-0.15, -0.1) is 10.2 Å². The van der Waals surface area contributed by atoms with Crippen LogP contribution in [0.5, 0.6) is 0 Å². The molecule has 0 aliphatic heterocycles. The van der Waals surface area contributed by atoms with Crippen LogP contribution in [0.2, 0.25) is 0 Å².